The number of hydrogen-bond donors (Lipinski definition) is 2. The number of carbonyl (C=O) groups excluding carboxylic acids is 1. The maximum absolute atomic E-state index is 12.6. The molecule has 2 amide bonds. The lowest BCUT2D eigenvalue weighted by atomic mass is 10.0. The predicted octanol–water partition coefficient (Wildman–Crippen LogP) is 4.52. The lowest BCUT2D eigenvalue weighted by Gasteiger charge is -2.26. The Balaban J connectivity index is 1.60. The average Bonchev–Trinajstić information content (AvgIpc) is 3.27. The molecular formula is C20H26N2O3. The van der Waals surface area contributed by atoms with Crippen molar-refractivity contribution in [2.45, 2.75) is 51.2 Å². The van der Waals surface area contributed by atoms with Gasteiger partial charge in [0.1, 0.15) is 11.9 Å². The van der Waals surface area contributed by atoms with Crippen LogP contribution in [0.2, 0.25) is 0 Å². The van der Waals surface area contributed by atoms with Gasteiger partial charge in [0.05, 0.1) is 6.26 Å². The third-order valence-corrected chi connectivity index (χ3v) is 4.83. The Morgan fingerprint density at radius 1 is 1.32 bits per heavy atom. The number of urea groups is 1. The lowest BCUT2D eigenvalue weighted by molar-refractivity contribution is 0.110. The Labute approximate surface area is 148 Å². The van der Waals surface area contributed by atoms with Gasteiger partial charge in [0.25, 0.3) is 0 Å². The lowest BCUT2D eigenvalue weighted by Crippen LogP contribution is -2.39. The van der Waals surface area contributed by atoms with E-state index >= 15 is 0 Å². The van der Waals surface area contributed by atoms with Crippen molar-refractivity contribution in [3.8, 4) is 0 Å². The highest BCUT2D eigenvalue weighted by Crippen LogP contribution is 2.28. The molecule has 2 heterocycles. The monoisotopic (exact) mass is 342 g/mol. The number of rotatable bonds is 5. The minimum absolute atomic E-state index is 0.0232. The molecule has 1 aromatic heterocycles. The van der Waals surface area contributed by atoms with Gasteiger partial charge in [-0.15, -0.1) is 0 Å². The molecule has 0 spiro atoms. The van der Waals surface area contributed by atoms with Crippen LogP contribution >= 0.6 is 0 Å². The van der Waals surface area contributed by atoms with E-state index in [1.54, 1.807) is 18.4 Å². The van der Waals surface area contributed by atoms with Gasteiger partial charge in [0, 0.05) is 24.7 Å². The van der Waals surface area contributed by atoms with E-state index in [1.165, 1.54) is 5.56 Å². The Morgan fingerprint density at radius 2 is 2.08 bits per heavy atom. The zero-order valence-corrected chi connectivity index (χ0v) is 14.8. The molecule has 0 saturated carbocycles. The summed E-state index contributed by atoms with van der Waals surface area (Å²) >= 11 is 0. The number of anilines is 1. The van der Waals surface area contributed by atoms with Crippen molar-refractivity contribution in [2.75, 3.05) is 11.9 Å². The van der Waals surface area contributed by atoms with Crippen LogP contribution < -0.4 is 5.32 Å². The molecule has 1 saturated heterocycles. The smallest absolute Gasteiger partial charge is 0.322 e. The Kier molecular flexibility index (Phi) is 5.43. The molecule has 1 fully saturated rings. The second kappa shape index (κ2) is 7.74. The van der Waals surface area contributed by atoms with Crippen LogP contribution in [0.15, 0.2) is 47.1 Å². The van der Waals surface area contributed by atoms with Crippen LogP contribution in [0.4, 0.5) is 10.5 Å². The molecule has 0 radical (unpaired) electrons. The van der Waals surface area contributed by atoms with E-state index in [4.69, 9.17) is 4.42 Å². The molecule has 2 unspecified atom stereocenters. The van der Waals surface area contributed by atoms with Crippen molar-refractivity contribution in [1.29, 1.82) is 0 Å². The fourth-order valence-corrected chi connectivity index (χ4v) is 3.35. The molecule has 2 atom stereocenters. The summed E-state index contributed by atoms with van der Waals surface area (Å²) in [6.07, 6.45) is 3.22. The molecule has 5 nitrogen and oxygen atoms in total. The van der Waals surface area contributed by atoms with Gasteiger partial charge in [-0.05, 0) is 48.6 Å². The van der Waals surface area contributed by atoms with E-state index in [-0.39, 0.29) is 12.1 Å². The van der Waals surface area contributed by atoms with Crippen LogP contribution in [-0.4, -0.2) is 28.6 Å². The zero-order chi connectivity index (χ0) is 17.8. The van der Waals surface area contributed by atoms with Crippen molar-refractivity contribution in [1.82, 2.24) is 4.90 Å². The molecule has 134 valence electrons. The highest BCUT2D eigenvalue weighted by Gasteiger charge is 2.31. The van der Waals surface area contributed by atoms with Gasteiger partial charge in [0.15, 0.2) is 0 Å². The first-order valence-corrected chi connectivity index (χ1v) is 8.93. The van der Waals surface area contributed by atoms with Crippen LogP contribution in [0, 0.1) is 0 Å². The van der Waals surface area contributed by atoms with Crippen molar-refractivity contribution in [2.24, 2.45) is 0 Å². The molecule has 1 aromatic carbocycles. The van der Waals surface area contributed by atoms with Gasteiger partial charge in [-0.2, -0.15) is 0 Å². The zero-order valence-electron chi connectivity index (χ0n) is 14.8. The van der Waals surface area contributed by atoms with Gasteiger partial charge >= 0.3 is 6.03 Å². The number of aliphatic hydroxyl groups excluding tert-OH is 1. The normalized spacial score (nSPS) is 18.6. The summed E-state index contributed by atoms with van der Waals surface area (Å²) in [5.41, 5.74) is 2.05. The molecule has 25 heavy (non-hydrogen) atoms. The summed E-state index contributed by atoms with van der Waals surface area (Å²) in [5.74, 6) is 1.02. The van der Waals surface area contributed by atoms with E-state index < -0.39 is 6.10 Å². The summed E-state index contributed by atoms with van der Waals surface area (Å²) in [6, 6.07) is 11.4. The van der Waals surface area contributed by atoms with Gasteiger partial charge in [-0.3, -0.25) is 0 Å². The summed E-state index contributed by atoms with van der Waals surface area (Å²) < 4.78 is 5.26. The summed E-state index contributed by atoms with van der Waals surface area (Å²) in [6.45, 7) is 5.00. The van der Waals surface area contributed by atoms with Crippen LogP contribution in [0.1, 0.15) is 56.5 Å². The van der Waals surface area contributed by atoms with E-state index in [1.807, 2.05) is 29.2 Å². The molecule has 1 aliphatic rings. The standard InChI is InChI=1S/C20H26N2O3/c1-14(2)15-7-9-16(10-8-15)21-20(24)22-11-3-5-17(22)13-18(23)19-6-4-12-25-19/h4,6-10,12,14,17-18,23H,3,5,11,13H2,1-2H3,(H,21,24). The molecular weight excluding hydrogens is 316 g/mol. The van der Waals surface area contributed by atoms with E-state index in [0.717, 1.165) is 18.5 Å². The average molecular weight is 342 g/mol. The van der Waals surface area contributed by atoms with Crippen LogP contribution in [0.3, 0.4) is 0 Å². The number of hydrogen-bond acceptors (Lipinski definition) is 3. The highest BCUT2D eigenvalue weighted by molar-refractivity contribution is 5.89. The van der Waals surface area contributed by atoms with Gasteiger partial charge in [0.2, 0.25) is 0 Å². The molecule has 1 aliphatic heterocycles. The van der Waals surface area contributed by atoms with Crippen molar-refractivity contribution in [3.05, 3.63) is 54.0 Å². The highest BCUT2D eigenvalue weighted by atomic mass is 16.4. The number of likely N-dealkylation sites (tertiary alicyclic amines) is 1. The summed E-state index contributed by atoms with van der Waals surface area (Å²) in [4.78, 5) is 14.4. The second-order valence-electron chi connectivity index (χ2n) is 6.96. The third kappa shape index (κ3) is 4.23. The number of nitrogens with zero attached hydrogens (tertiary/aromatic N) is 1. The Bertz CT molecular complexity index is 679. The quantitative estimate of drug-likeness (QED) is 0.839. The van der Waals surface area contributed by atoms with Gasteiger partial charge < -0.3 is 19.7 Å². The summed E-state index contributed by atoms with van der Waals surface area (Å²) in [7, 11) is 0. The first-order chi connectivity index (χ1) is 12.0. The van der Waals surface area contributed by atoms with Gasteiger partial charge in [-0.25, -0.2) is 4.79 Å². The maximum atomic E-state index is 12.6. The van der Waals surface area contributed by atoms with Crippen LogP contribution in [-0.2, 0) is 0 Å². The van der Waals surface area contributed by atoms with Crippen molar-refractivity contribution in [3.63, 3.8) is 0 Å². The Morgan fingerprint density at radius 3 is 2.72 bits per heavy atom. The minimum Gasteiger partial charge on any atom is -0.467 e. The molecule has 3 rings (SSSR count). The van der Waals surface area contributed by atoms with Crippen molar-refractivity contribution < 1.29 is 14.3 Å². The fourth-order valence-electron chi connectivity index (χ4n) is 3.35. The molecule has 0 bridgehead atoms. The molecule has 2 aromatic rings. The number of furan rings is 1. The van der Waals surface area contributed by atoms with Crippen molar-refractivity contribution >= 4 is 11.7 Å². The first kappa shape index (κ1) is 17.5. The number of nitrogens with one attached hydrogen (secondary N) is 1. The minimum atomic E-state index is -0.682. The van der Waals surface area contributed by atoms with Crippen LogP contribution in [0.5, 0.6) is 0 Å². The van der Waals surface area contributed by atoms with E-state index in [0.29, 0.717) is 24.6 Å². The topological polar surface area (TPSA) is 65.7 Å². The molecule has 2 N–H and O–H groups in total. The van der Waals surface area contributed by atoms with E-state index in [9.17, 15) is 9.90 Å². The summed E-state index contributed by atoms with van der Waals surface area (Å²) in [5, 5.41) is 13.3. The SMILES string of the molecule is CC(C)c1ccc(NC(=O)N2CCCC2CC(O)c2ccco2)cc1. The second-order valence-corrected chi connectivity index (χ2v) is 6.96. The molecule has 0 aliphatic carbocycles. The number of aliphatic hydroxyl groups is 1. The number of amides is 2. The Hall–Kier alpha value is -2.27. The van der Waals surface area contributed by atoms with Crippen LogP contribution in [0.25, 0.3) is 0 Å². The van der Waals surface area contributed by atoms with Gasteiger partial charge in [-0.1, -0.05) is 26.0 Å². The predicted molar refractivity (Wildman–Crippen MR) is 97.6 cm³/mol. The maximum Gasteiger partial charge on any atom is 0.322 e. The fraction of sp³-hybridized carbons (Fsp3) is 0.450. The third-order valence-electron chi connectivity index (χ3n) is 4.83. The number of benzene rings is 1. The first-order valence-electron chi connectivity index (χ1n) is 8.93. The van der Waals surface area contributed by atoms with E-state index in [2.05, 4.69) is 19.2 Å². The molecule has 5 heteroatoms. The number of carbonyl (C=O) groups is 1. The largest absolute Gasteiger partial charge is 0.467 e.